The number of nitrogens with zero attached hydrogens (tertiary/aromatic N) is 1. The fourth-order valence-electron chi connectivity index (χ4n) is 1.93. The molecular weight excluding hydrogens is 306 g/mol. The predicted octanol–water partition coefficient (Wildman–Crippen LogP) is 2.67. The van der Waals surface area contributed by atoms with Crippen LogP contribution in [-0.4, -0.2) is 19.9 Å². The summed E-state index contributed by atoms with van der Waals surface area (Å²) in [5.41, 5.74) is 1.75. The van der Waals surface area contributed by atoms with E-state index in [4.69, 9.17) is 0 Å². The van der Waals surface area contributed by atoms with Crippen molar-refractivity contribution in [3.63, 3.8) is 0 Å². The Balaban J connectivity index is 2.19. The average molecular weight is 325 g/mol. The van der Waals surface area contributed by atoms with Crippen molar-refractivity contribution < 1.29 is 8.42 Å². The first-order valence-electron chi connectivity index (χ1n) is 6.67. The Morgan fingerprint density at radius 2 is 2.00 bits per heavy atom. The van der Waals surface area contributed by atoms with E-state index in [2.05, 4.69) is 15.0 Å². The van der Waals surface area contributed by atoms with Gasteiger partial charge in [-0.2, -0.15) is 0 Å². The highest BCUT2D eigenvalue weighted by molar-refractivity contribution is 7.92. The Bertz CT molecular complexity index is 703. The van der Waals surface area contributed by atoms with E-state index >= 15 is 0 Å². The number of nitrogens with one attached hydrogen (secondary N) is 2. The fraction of sp³-hybridized carbons (Fsp3) is 0.357. The molecule has 0 aromatic carbocycles. The van der Waals surface area contributed by atoms with Crippen LogP contribution in [0.1, 0.15) is 23.1 Å². The van der Waals surface area contributed by atoms with E-state index in [1.807, 2.05) is 26.8 Å². The molecular formula is C14H19N3O2S2. The second-order valence-electron chi connectivity index (χ2n) is 4.81. The summed E-state index contributed by atoms with van der Waals surface area (Å²) in [4.78, 5) is 5.47. The lowest BCUT2D eigenvalue weighted by Gasteiger charge is -2.07. The molecule has 2 aromatic rings. The summed E-state index contributed by atoms with van der Waals surface area (Å²) < 4.78 is 27.2. The Hall–Kier alpha value is -1.44. The van der Waals surface area contributed by atoms with Crippen LogP contribution < -0.4 is 10.0 Å². The molecule has 2 aromatic heterocycles. The van der Waals surface area contributed by atoms with Crippen molar-refractivity contribution in [3.05, 3.63) is 39.7 Å². The van der Waals surface area contributed by atoms with E-state index in [-0.39, 0.29) is 4.90 Å². The van der Waals surface area contributed by atoms with Gasteiger partial charge in [0.05, 0.1) is 4.90 Å². The highest BCUT2D eigenvalue weighted by atomic mass is 32.2. The predicted molar refractivity (Wildman–Crippen MR) is 86.2 cm³/mol. The van der Waals surface area contributed by atoms with Crippen LogP contribution in [0.3, 0.4) is 0 Å². The van der Waals surface area contributed by atoms with E-state index in [0.717, 1.165) is 22.7 Å². The van der Waals surface area contributed by atoms with Crippen molar-refractivity contribution in [3.8, 4) is 0 Å². The molecule has 0 fully saturated rings. The molecule has 0 amide bonds. The number of aryl methyl sites for hydroxylation is 2. The highest BCUT2D eigenvalue weighted by Crippen LogP contribution is 2.22. The minimum Gasteiger partial charge on any atom is -0.312 e. The number of pyridine rings is 1. The maximum Gasteiger partial charge on any atom is 0.263 e. The molecule has 2 N–H and O–H groups in total. The molecule has 0 saturated heterocycles. The molecule has 0 aliphatic heterocycles. The summed E-state index contributed by atoms with van der Waals surface area (Å²) in [6.07, 6.45) is 0. The Labute approximate surface area is 129 Å². The SMILES string of the molecule is CCNCc1cc(S(=O)(=O)Nc2cc(C)cc(C)n2)cs1. The number of anilines is 1. The molecule has 0 saturated carbocycles. The molecule has 0 aliphatic rings. The Kier molecular flexibility index (Phi) is 4.97. The number of hydrogen-bond acceptors (Lipinski definition) is 5. The normalized spacial score (nSPS) is 11.6. The van der Waals surface area contributed by atoms with Crippen molar-refractivity contribution in [1.82, 2.24) is 10.3 Å². The summed E-state index contributed by atoms with van der Waals surface area (Å²) in [6, 6.07) is 5.31. The maximum atomic E-state index is 12.3. The summed E-state index contributed by atoms with van der Waals surface area (Å²) in [5, 5.41) is 4.83. The lowest BCUT2D eigenvalue weighted by atomic mass is 10.2. The van der Waals surface area contributed by atoms with E-state index in [1.54, 1.807) is 17.5 Å². The van der Waals surface area contributed by atoms with Crippen molar-refractivity contribution in [2.24, 2.45) is 0 Å². The number of sulfonamides is 1. The monoisotopic (exact) mass is 325 g/mol. The Morgan fingerprint density at radius 1 is 1.24 bits per heavy atom. The van der Waals surface area contributed by atoms with Crippen LogP contribution in [0.25, 0.3) is 0 Å². The van der Waals surface area contributed by atoms with Crippen molar-refractivity contribution in [1.29, 1.82) is 0 Å². The zero-order valence-corrected chi connectivity index (χ0v) is 13.9. The van der Waals surface area contributed by atoms with Crippen LogP contribution in [0.15, 0.2) is 28.5 Å². The molecule has 5 nitrogen and oxygen atoms in total. The first kappa shape index (κ1) is 15.9. The van der Waals surface area contributed by atoms with Crippen LogP contribution in [0.2, 0.25) is 0 Å². The summed E-state index contributed by atoms with van der Waals surface area (Å²) >= 11 is 1.43. The van der Waals surface area contributed by atoms with Gasteiger partial charge in [0.2, 0.25) is 0 Å². The molecule has 21 heavy (non-hydrogen) atoms. The molecule has 0 radical (unpaired) electrons. The number of aromatic nitrogens is 1. The molecule has 2 rings (SSSR count). The lowest BCUT2D eigenvalue weighted by Crippen LogP contribution is -2.14. The van der Waals surface area contributed by atoms with Crippen molar-refractivity contribution in [2.75, 3.05) is 11.3 Å². The van der Waals surface area contributed by atoms with E-state index < -0.39 is 10.0 Å². The van der Waals surface area contributed by atoms with E-state index in [9.17, 15) is 8.42 Å². The molecule has 0 aliphatic carbocycles. The summed E-state index contributed by atoms with van der Waals surface area (Å²) in [7, 11) is -3.58. The van der Waals surface area contributed by atoms with Gasteiger partial charge in [-0.3, -0.25) is 4.72 Å². The maximum absolute atomic E-state index is 12.3. The average Bonchev–Trinajstić information content (AvgIpc) is 2.84. The zero-order chi connectivity index (χ0) is 15.5. The minimum atomic E-state index is -3.58. The van der Waals surface area contributed by atoms with Crippen LogP contribution in [0.5, 0.6) is 0 Å². The second kappa shape index (κ2) is 6.55. The third-order valence-electron chi connectivity index (χ3n) is 2.83. The molecule has 0 spiro atoms. The van der Waals surface area contributed by atoms with Gasteiger partial charge in [0.25, 0.3) is 10.0 Å². The fourth-order valence-corrected chi connectivity index (χ4v) is 4.17. The molecule has 2 heterocycles. The van der Waals surface area contributed by atoms with Gasteiger partial charge in [0.1, 0.15) is 5.82 Å². The number of thiophene rings is 1. The third kappa shape index (κ3) is 4.26. The number of rotatable bonds is 6. The summed E-state index contributed by atoms with van der Waals surface area (Å²) in [5.74, 6) is 0.354. The topological polar surface area (TPSA) is 71.1 Å². The molecule has 0 atom stereocenters. The molecule has 114 valence electrons. The van der Waals surface area contributed by atoms with Crippen molar-refractivity contribution >= 4 is 27.2 Å². The molecule has 7 heteroatoms. The largest absolute Gasteiger partial charge is 0.312 e. The first-order valence-corrected chi connectivity index (χ1v) is 9.03. The zero-order valence-electron chi connectivity index (χ0n) is 12.3. The molecule has 0 bridgehead atoms. The van der Waals surface area contributed by atoms with Crippen LogP contribution >= 0.6 is 11.3 Å². The second-order valence-corrected chi connectivity index (χ2v) is 7.48. The summed E-state index contributed by atoms with van der Waals surface area (Å²) in [6.45, 7) is 7.29. The van der Waals surface area contributed by atoms with Gasteiger partial charge < -0.3 is 5.32 Å². The lowest BCUT2D eigenvalue weighted by molar-refractivity contribution is 0.601. The van der Waals surface area contributed by atoms with E-state index in [0.29, 0.717) is 12.4 Å². The van der Waals surface area contributed by atoms with Gasteiger partial charge in [0, 0.05) is 22.5 Å². The van der Waals surface area contributed by atoms with Crippen LogP contribution in [0.4, 0.5) is 5.82 Å². The van der Waals surface area contributed by atoms with E-state index in [1.165, 1.54) is 11.3 Å². The smallest absolute Gasteiger partial charge is 0.263 e. The number of hydrogen-bond donors (Lipinski definition) is 2. The first-order chi connectivity index (χ1) is 9.90. The van der Waals surface area contributed by atoms with Gasteiger partial charge >= 0.3 is 0 Å². The highest BCUT2D eigenvalue weighted by Gasteiger charge is 2.17. The standard InChI is InChI=1S/C14H19N3O2S2/c1-4-15-8-12-7-13(9-20-12)21(18,19)17-14-6-10(2)5-11(3)16-14/h5-7,9,15H,4,8H2,1-3H3,(H,16,17). The van der Waals surface area contributed by atoms with Gasteiger partial charge in [0.15, 0.2) is 0 Å². The van der Waals surface area contributed by atoms with Gasteiger partial charge in [-0.05, 0) is 44.2 Å². The minimum absolute atomic E-state index is 0.279. The van der Waals surface area contributed by atoms with Gasteiger partial charge in [-0.25, -0.2) is 13.4 Å². The van der Waals surface area contributed by atoms with Crippen LogP contribution in [0, 0.1) is 13.8 Å². The third-order valence-corrected chi connectivity index (χ3v) is 5.25. The van der Waals surface area contributed by atoms with Crippen LogP contribution in [-0.2, 0) is 16.6 Å². The van der Waals surface area contributed by atoms with Gasteiger partial charge in [-0.15, -0.1) is 11.3 Å². The molecule has 0 unspecified atom stereocenters. The Morgan fingerprint density at radius 3 is 2.67 bits per heavy atom. The van der Waals surface area contributed by atoms with Crippen molar-refractivity contribution in [2.45, 2.75) is 32.2 Å². The quantitative estimate of drug-likeness (QED) is 0.856. The van der Waals surface area contributed by atoms with Gasteiger partial charge in [-0.1, -0.05) is 6.92 Å².